The van der Waals surface area contributed by atoms with E-state index in [9.17, 15) is 4.79 Å². The van der Waals surface area contributed by atoms with Crippen molar-refractivity contribution in [1.29, 1.82) is 0 Å². The number of aromatic nitrogens is 2. The SMILES string of the molecule is Cc1cc(Nc2ccc(C(=O)Nc3c(C(C)C)cccc3C(C)C)cn2)no1. The number of aryl methyl sites for hydroxylation is 1. The van der Waals surface area contributed by atoms with Gasteiger partial charge in [0, 0.05) is 18.0 Å². The maximum atomic E-state index is 12.8. The molecule has 6 nitrogen and oxygen atoms in total. The van der Waals surface area contributed by atoms with E-state index in [0.29, 0.717) is 34.8 Å². The minimum atomic E-state index is -0.175. The van der Waals surface area contributed by atoms with Crippen LogP contribution in [-0.4, -0.2) is 16.0 Å². The van der Waals surface area contributed by atoms with E-state index in [0.717, 1.165) is 16.8 Å². The molecule has 0 fully saturated rings. The summed E-state index contributed by atoms with van der Waals surface area (Å²) in [5.41, 5.74) is 3.66. The molecule has 0 saturated heterocycles. The van der Waals surface area contributed by atoms with Crippen molar-refractivity contribution >= 4 is 23.2 Å². The lowest BCUT2D eigenvalue weighted by Crippen LogP contribution is -2.16. The highest BCUT2D eigenvalue weighted by molar-refractivity contribution is 6.05. The Morgan fingerprint density at radius 2 is 1.68 bits per heavy atom. The molecule has 0 radical (unpaired) electrons. The normalized spacial score (nSPS) is 11.1. The molecule has 0 unspecified atom stereocenters. The number of rotatable bonds is 6. The van der Waals surface area contributed by atoms with Crippen molar-refractivity contribution < 1.29 is 9.32 Å². The van der Waals surface area contributed by atoms with Gasteiger partial charge in [-0.25, -0.2) is 4.98 Å². The van der Waals surface area contributed by atoms with Crippen molar-refractivity contribution in [3.8, 4) is 0 Å². The van der Waals surface area contributed by atoms with Crippen LogP contribution in [-0.2, 0) is 0 Å². The first-order valence-electron chi connectivity index (χ1n) is 9.45. The quantitative estimate of drug-likeness (QED) is 0.582. The molecule has 3 rings (SSSR count). The molecular weight excluding hydrogens is 352 g/mol. The zero-order chi connectivity index (χ0) is 20.3. The van der Waals surface area contributed by atoms with E-state index in [4.69, 9.17) is 4.52 Å². The van der Waals surface area contributed by atoms with Crippen molar-refractivity contribution in [3.05, 3.63) is 65.0 Å². The van der Waals surface area contributed by atoms with Gasteiger partial charge in [0.15, 0.2) is 5.82 Å². The van der Waals surface area contributed by atoms with Crippen molar-refractivity contribution in [2.24, 2.45) is 0 Å². The van der Waals surface area contributed by atoms with Gasteiger partial charge in [0.1, 0.15) is 11.6 Å². The zero-order valence-electron chi connectivity index (χ0n) is 16.9. The molecule has 2 N–H and O–H groups in total. The fraction of sp³-hybridized carbons (Fsp3) is 0.318. The molecule has 2 aromatic heterocycles. The van der Waals surface area contributed by atoms with Crippen LogP contribution in [0, 0.1) is 6.92 Å². The van der Waals surface area contributed by atoms with Gasteiger partial charge < -0.3 is 15.2 Å². The molecule has 0 spiro atoms. The summed E-state index contributed by atoms with van der Waals surface area (Å²) < 4.78 is 5.02. The second-order valence-electron chi connectivity index (χ2n) is 7.45. The van der Waals surface area contributed by atoms with Crippen molar-refractivity contribution in [1.82, 2.24) is 10.1 Å². The van der Waals surface area contributed by atoms with Gasteiger partial charge in [0.2, 0.25) is 0 Å². The zero-order valence-corrected chi connectivity index (χ0v) is 16.9. The highest BCUT2D eigenvalue weighted by atomic mass is 16.5. The summed E-state index contributed by atoms with van der Waals surface area (Å²) in [5.74, 6) is 2.33. The second-order valence-corrected chi connectivity index (χ2v) is 7.45. The smallest absolute Gasteiger partial charge is 0.257 e. The Morgan fingerprint density at radius 1 is 1.00 bits per heavy atom. The minimum absolute atomic E-state index is 0.175. The van der Waals surface area contributed by atoms with E-state index in [1.165, 1.54) is 0 Å². The predicted molar refractivity (Wildman–Crippen MR) is 111 cm³/mol. The van der Waals surface area contributed by atoms with E-state index < -0.39 is 0 Å². The minimum Gasteiger partial charge on any atom is -0.360 e. The number of benzene rings is 1. The molecule has 28 heavy (non-hydrogen) atoms. The number of carbonyl (C=O) groups excluding carboxylic acids is 1. The van der Waals surface area contributed by atoms with Crippen LogP contribution in [0.25, 0.3) is 0 Å². The molecular formula is C22H26N4O2. The molecule has 1 aromatic carbocycles. The summed E-state index contributed by atoms with van der Waals surface area (Å²) in [6, 6.07) is 11.4. The van der Waals surface area contributed by atoms with Gasteiger partial charge in [-0.2, -0.15) is 0 Å². The maximum absolute atomic E-state index is 12.8. The van der Waals surface area contributed by atoms with Crippen molar-refractivity contribution in [2.45, 2.75) is 46.5 Å². The first-order chi connectivity index (χ1) is 13.3. The Labute approximate surface area is 165 Å². The topological polar surface area (TPSA) is 80.0 Å². The monoisotopic (exact) mass is 378 g/mol. The molecule has 0 aliphatic rings. The van der Waals surface area contributed by atoms with Gasteiger partial charge in [0.25, 0.3) is 5.91 Å². The molecule has 0 saturated carbocycles. The lowest BCUT2D eigenvalue weighted by molar-refractivity contribution is 0.102. The number of nitrogens with one attached hydrogen (secondary N) is 2. The fourth-order valence-electron chi connectivity index (χ4n) is 3.04. The van der Waals surface area contributed by atoms with Crippen LogP contribution in [0.3, 0.4) is 0 Å². The van der Waals surface area contributed by atoms with Gasteiger partial charge >= 0.3 is 0 Å². The average Bonchev–Trinajstić information content (AvgIpc) is 3.06. The summed E-state index contributed by atoms with van der Waals surface area (Å²) in [5, 5.41) is 10.0. The van der Waals surface area contributed by atoms with Crippen LogP contribution in [0.1, 0.15) is 66.8 Å². The Balaban J connectivity index is 1.80. The number of hydrogen-bond acceptors (Lipinski definition) is 5. The van der Waals surface area contributed by atoms with E-state index >= 15 is 0 Å². The third kappa shape index (κ3) is 4.39. The lowest BCUT2D eigenvalue weighted by atomic mass is 9.92. The highest BCUT2D eigenvalue weighted by Gasteiger charge is 2.17. The molecule has 3 aromatic rings. The third-order valence-electron chi connectivity index (χ3n) is 4.52. The van der Waals surface area contributed by atoms with Gasteiger partial charge in [-0.05, 0) is 42.0 Å². The molecule has 0 atom stereocenters. The summed E-state index contributed by atoms with van der Waals surface area (Å²) >= 11 is 0. The third-order valence-corrected chi connectivity index (χ3v) is 4.52. The molecule has 2 heterocycles. The Bertz CT molecular complexity index is 933. The molecule has 0 aliphatic heterocycles. The van der Waals surface area contributed by atoms with Crippen LogP contribution >= 0.6 is 0 Å². The second kappa shape index (κ2) is 8.25. The summed E-state index contributed by atoms with van der Waals surface area (Å²) in [4.78, 5) is 17.1. The standard InChI is InChI=1S/C22H26N4O2/c1-13(2)17-7-6-8-18(14(3)4)21(17)25-22(27)16-9-10-19(23-12-16)24-20-11-15(5)28-26-20/h6-14H,1-5H3,(H,25,27)(H,23,24,26). The summed E-state index contributed by atoms with van der Waals surface area (Å²) in [7, 11) is 0. The van der Waals surface area contributed by atoms with Gasteiger partial charge in [-0.15, -0.1) is 0 Å². The number of amides is 1. The number of pyridine rings is 1. The molecule has 0 aliphatic carbocycles. The van der Waals surface area contributed by atoms with Gasteiger partial charge in [0.05, 0.1) is 5.56 Å². The molecule has 1 amide bonds. The Hall–Kier alpha value is -3.15. The summed E-state index contributed by atoms with van der Waals surface area (Å²) in [6.07, 6.45) is 1.55. The van der Waals surface area contributed by atoms with Gasteiger partial charge in [-0.1, -0.05) is 51.1 Å². The number of carbonyl (C=O) groups is 1. The van der Waals surface area contributed by atoms with Crippen LogP contribution in [0.4, 0.5) is 17.3 Å². The average molecular weight is 378 g/mol. The van der Waals surface area contributed by atoms with Gasteiger partial charge in [-0.3, -0.25) is 4.79 Å². The van der Waals surface area contributed by atoms with E-state index in [-0.39, 0.29) is 5.91 Å². The Morgan fingerprint density at radius 3 is 2.18 bits per heavy atom. The number of anilines is 3. The molecule has 146 valence electrons. The van der Waals surface area contributed by atoms with Crippen molar-refractivity contribution in [3.63, 3.8) is 0 Å². The van der Waals surface area contributed by atoms with E-state index in [2.05, 4.69) is 60.6 Å². The predicted octanol–water partition coefficient (Wildman–Crippen LogP) is 5.62. The molecule has 6 heteroatoms. The first-order valence-corrected chi connectivity index (χ1v) is 9.45. The van der Waals surface area contributed by atoms with Crippen LogP contribution < -0.4 is 10.6 Å². The van der Waals surface area contributed by atoms with Crippen LogP contribution in [0.5, 0.6) is 0 Å². The Kier molecular flexibility index (Phi) is 5.78. The van der Waals surface area contributed by atoms with E-state index in [1.807, 2.05) is 13.0 Å². The number of nitrogens with zero attached hydrogens (tertiary/aromatic N) is 2. The van der Waals surface area contributed by atoms with Crippen LogP contribution in [0.15, 0.2) is 47.1 Å². The lowest BCUT2D eigenvalue weighted by Gasteiger charge is -2.20. The maximum Gasteiger partial charge on any atom is 0.257 e. The largest absolute Gasteiger partial charge is 0.360 e. The molecule has 0 bridgehead atoms. The number of hydrogen-bond donors (Lipinski definition) is 2. The summed E-state index contributed by atoms with van der Waals surface area (Å²) in [6.45, 7) is 10.3. The van der Waals surface area contributed by atoms with E-state index in [1.54, 1.807) is 24.4 Å². The highest BCUT2D eigenvalue weighted by Crippen LogP contribution is 2.32. The fourth-order valence-corrected chi connectivity index (χ4v) is 3.04. The van der Waals surface area contributed by atoms with Crippen LogP contribution in [0.2, 0.25) is 0 Å². The van der Waals surface area contributed by atoms with Crippen molar-refractivity contribution in [2.75, 3.05) is 10.6 Å². The first kappa shape index (κ1) is 19.6. The number of para-hydroxylation sites is 1.